The summed E-state index contributed by atoms with van der Waals surface area (Å²) in [7, 11) is -4.69. The Balaban J connectivity index is 4.21. The summed E-state index contributed by atoms with van der Waals surface area (Å²) < 4.78 is 15.7. The fraction of sp³-hybridized carbons (Fsp3) is 0.893. The summed E-state index contributed by atoms with van der Waals surface area (Å²) >= 11 is 0. The Morgan fingerprint density at radius 3 is 1.69 bits per heavy atom. The third-order valence-electron chi connectivity index (χ3n) is 6.50. The number of carbonyl (C=O) groups excluding carboxylic acids is 1. The van der Waals surface area contributed by atoms with E-state index < -0.39 is 26.6 Å². The highest BCUT2D eigenvalue weighted by atomic mass is 31.2. The van der Waals surface area contributed by atoms with Gasteiger partial charge in [-0.2, -0.15) is 0 Å². The smallest absolute Gasteiger partial charge is 0.387 e. The minimum Gasteiger partial charge on any atom is -0.387 e. The standard InChI is InChI=1S/C28H56NO6P/c1-3-5-7-9-11-13-14-16-17-19-21-23-27(30)26(25-35-36(32,33)34)29-28(31)24-22-20-18-15-12-10-8-6-4-2/h21,23,26-27,30H,3-20,22,24-25H2,1-2H3,(H,29,31)(H2,32,33,34)/b23-21+/t26-,27+/m0/s1. The number of phosphoric acid groups is 1. The Morgan fingerprint density at radius 1 is 0.778 bits per heavy atom. The third kappa shape index (κ3) is 25.0. The highest BCUT2D eigenvalue weighted by Gasteiger charge is 2.24. The molecule has 0 heterocycles. The molecular formula is C28H56NO6P. The second kappa shape index (κ2) is 24.6. The van der Waals surface area contributed by atoms with Gasteiger partial charge in [0.05, 0.1) is 18.8 Å². The Morgan fingerprint density at radius 2 is 1.22 bits per heavy atom. The predicted octanol–water partition coefficient (Wildman–Crippen LogP) is 7.34. The van der Waals surface area contributed by atoms with Crippen molar-refractivity contribution in [2.24, 2.45) is 0 Å². The molecule has 0 unspecified atom stereocenters. The van der Waals surface area contributed by atoms with Gasteiger partial charge < -0.3 is 20.2 Å². The summed E-state index contributed by atoms with van der Waals surface area (Å²) in [5.41, 5.74) is 0. The molecule has 0 fully saturated rings. The van der Waals surface area contributed by atoms with Gasteiger partial charge in [0.15, 0.2) is 0 Å². The third-order valence-corrected chi connectivity index (χ3v) is 6.98. The molecule has 0 aliphatic rings. The molecule has 214 valence electrons. The van der Waals surface area contributed by atoms with Gasteiger partial charge in [0.25, 0.3) is 0 Å². The molecule has 0 aliphatic heterocycles. The largest absolute Gasteiger partial charge is 0.469 e. The number of aliphatic hydroxyl groups is 1. The van der Waals surface area contributed by atoms with Crippen molar-refractivity contribution in [2.75, 3.05) is 6.61 Å². The highest BCUT2D eigenvalue weighted by Crippen LogP contribution is 2.35. The number of phosphoric ester groups is 1. The fourth-order valence-corrected chi connectivity index (χ4v) is 4.58. The summed E-state index contributed by atoms with van der Waals surface area (Å²) in [5, 5.41) is 13.2. The Bertz CT molecular complexity index is 580. The van der Waals surface area contributed by atoms with Crippen LogP contribution in [-0.2, 0) is 13.9 Å². The number of hydrogen-bond donors (Lipinski definition) is 4. The van der Waals surface area contributed by atoms with Gasteiger partial charge in [-0.15, -0.1) is 0 Å². The van der Waals surface area contributed by atoms with E-state index in [2.05, 4.69) is 23.7 Å². The monoisotopic (exact) mass is 533 g/mol. The van der Waals surface area contributed by atoms with E-state index in [-0.39, 0.29) is 5.91 Å². The first-order chi connectivity index (χ1) is 17.3. The first-order valence-electron chi connectivity index (χ1n) is 14.6. The van der Waals surface area contributed by atoms with Gasteiger partial charge >= 0.3 is 7.82 Å². The van der Waals surface area contributed by atoms with E-state index in [9.17, 15) is 14.5 Å². The van der Waals surface area contributed by atoms with Crippen molar-refractivity contribution in [3.8, 4) is 0 Å². The average Bonchev–Trinajstić information content (AvgIpc) is 2.83. The molecule has 1 amide bonds. The molecule has 0 aromatic carbocycles. The molecule has 0 spiro atoms. The zero-order valence-electron chi connectivity index (χ0n) is 23.2. The lowest BCUT2D eigenvalue weighted by molar-refractivity contribution is -0.123. The minimum atomic E-state index is -4.69. The Kier molecular flexibility index (Phi) is 24.1. The summed E-state index contributed by atoms with van der Waals surface area (Å²) in [5.74, 6) is -0.233. The van der Waals surface area contributed by atoms with Crippen LogP contribution in [0.25, 0.3) is 0 Å². The molecule has 0 aromatic heterocycles. The van der Waals surface area contributed by atoms with Crippen molar-refractivity contribution in [1.29, 1.82) is 0 Å². The van der Waals surface area contributed by atoms with E-state index in [0.717, 1.165) is 38.5 Å². The van der Waals surface area contributed by atoms with E-state index in [1.165, 1.54) is 83.5 Å². The van der Waals surface area contributed by atoms with Crippen LogP contribution in [0.3, 0.4) is 0 Å². The van der Waals surface area contributed by atoms with Crippen molar-refractivity contribution in [2.45, 2.75) is 154 Å². The van der Waals surface area contributed by atoms with Crippen molar-refractivity contribution >= 4 is 13.7 Å². The molecule has 0 saturated carbocycles. The van der Waals surface area contributed by atoms with Crippen LogP contribution < -0.4 is 5.32 Å². The predicted molar refractivity (Wildman–Crippen MR) is 149 cm³/mol. The van der Waals surface area contributed by atoms with E-state index >= 15 is 0 Å². The summed E-state index contributed by atoms with van der Waals surface area (Å²) in [6.45, 7) is 3.99. The number of nitrogens with one attached hydrogen (secondary N) is 1. The van der Waals surface area contributed by atoms with Gasteiger partial charge in [-0.1, -0.05) is 129 Å². The summed E-state index contributed by atoms with van der Waals surface area (Å²) in [6.07, 6.45) is 25.2. The van der Waals surface area contributed by atoms with Gasteiger partial charge in [-0.3, -0.25) is 9.32 Å². The second-order valence-electron chi connectivity index (χ2n) is 10.1. The van der Waals surface area contributed by atoms with Crippen molar-refractivity contribution in [3.05, 3.63) is 12.2 Å². The van der Waals surface area contributed by atoms with Crippen LogP contribution in [0.15, 0.2) is 12.2 Å². The lowest BCUT2D eigenvalue weighted by Crippen LogP contribution is -2.45. The van der Waals surface area contributed by atoms with Crippen LogP contribution in [0, 0.1) is 0 Å². The van der Waals surface area contributed by atoms with Crippen LogP contribution >= 0.6 is 7.82 Å². The molecule has 0 rings (SSSR count). The van der Waals surface area contributed by atoms with E-state index in [4.69, 9.17) is 9.79 Å². The molecule has 0 saturated heterocycles. The van der Waals surface area contributed by atoms with Gasteiger partial charge in [-0.25, -0.2) is 4.57 Å². The first kappa shape index (κ1) is 35.3. The van der Waals surface area contributed by atoms with Gasteiger partial charge in [0, 0.05) is 6.42 Å². The number of rotatable bonds is 26. The lowest BCUT2D eigenvalue weighted by atomic mass is 10.1. The van der Waals surface area contributed by atoms with Crippen LogP contribution in [0.5, 0.6) is 0 Å². The maximum absolute atomic E-state index is 12.4. The summed E-state index contributed by atoms with van der Waals surface area (Å²) in [6, 6.07) is -0.900. The molecule has 0 radical (unpaired) electrons. The van der Waals surface area contributed by atoms with Gasteiger partial charge in [0.2, 0.25) is 5.91 Å². The number of unbranched alkanes of at least 4 members (excludes halogenated alkanes) is 17. The molecule has 0 bridgehead atoms. The number of aliphatic hydroxyl groups excluding tert-OH is 1. The second-order valence-corrected chi connectivity index (χ2v) is 11.3. The molecule has 36 heavy (non-hydrogen) atoms. The fourth-order valence-electron chi connectivity index (χ4n) is 4.22. The SMILES string of the molecule is CCCCCCCCCCC/C=C/[C@@H](O)[C@H](COP(=O)(O)O)NC(=O)CCCCCCCCCCC. The van der Waals surface area contributed by atoms with Crippen LogP contribution in [-0.4, -0.2) is 39.6 Å². The number of allylic oxidation sites excluding steroid dienone is 1. The molecular weight excluding hydrogens is 477 g/mol. The van der Waals surface area contributed by atoms with Crippen molar-refractivity contribution in [3.63, 3.8) is 0 Å². The van der Waals surface area contributed by atoms with E-state index in [1.54, 1.807) is 6.08 Å². The van der Waals surface area contributed by atoms with Crippen LogP contribution in [0.4, 0.5) is 0 Å². The first-order valence-corrected chi connectivity index (χ1v) is 16.2. The Hall–Kier alpha value is -0.720. The van der Waals surface area contributed by atoms with Crippen molar-refractivity contribution in [1.82, 2.24) is 5.32 Å². The number of hydrogen-bond acceptors (Lipinski definition) is 4. The number of carbonyl (C=O) groups is 1. The molecule has 2 atom stereocenters. The normalized spacial score (nSPS) is 13.8. The zero-order chi connectivity index (χ0) is 26.9. The van der Waals surface area contributed by atoms with Crippen LogP contribution in [0.2, 0.25) is 0 Å². The lowest BCUT2D eigenvalue weighted by Gasteiger charge is -2.22. The Labute approximate surface area is 221 Å². The molecule has 4 N–H and O–H groups in total. The van der Waals surface area contributed by atoms with Crippen molar-refractivity contribution < 1.29 is 28.8 Å². The number of amides is 1. The zero-order valence-corrected chi connectivity index (χ0v) is 24.1. The summed E-state index contributed by atoms with van der Waals surface area (Å²) in [4.78, 5) is 30.4. The van der Waals surface area contributed by atoms with Gasteiger partial charge in [0.1, 0.15) is 0 Å². The molecule has 7 nitrogen and oxygen atoms in total. The molecule has 0 aromatic rings. The molecule has 8 heteroatoms. The maximum atomic E-state index is 12.4. The quantitative estimate of drug-likeness (QED) is 0.0525. The van der Waals surface area contributed by atoms with Crippen LogP contribution in [0.1, 0.15) is 142 Å². The van der Waals surface area contributed by atoms with E-state index in [1.807, 2.05) is 6.08 Å². The molecule has 0 aliphatic carbocycles. The van der Waals surface area contributed by atoms with E-state index in [0.29, 0.717) is 6.42 Å². The van der Waals surface area contributed by atoms with Gasteiger partial charge in [-0.05, 0) is 19.3 Å². The topological polar surface area (TPSA) is 116 Å². The average molecular weight is 534 g/mol. The maximum Gasteiger partial charge on any atom is 0.469 e. The minimum absolute atomic E-state index is 0.233. The highest BCUT2D eigenvalue weighted by molar-refractivity contribution is 7.46.